The molecule has 0 aliphatic carbocycles. The predicted octanol–water partition coefficient (Wildman–Crippen LogP) is 3.09. The summed E-state index contributed by atoms with van der Waals surface area (Å²) in [4.78, 5) is 27.7. The summed E-state index contributed by atoms with van der Waals surface area (Å²) in [6.45, 7) is 5.35. The Morgan fingerprint density at radius 3 is 2.52 bits per heavy atom. The van der Waals surface area contributed by atoms with Crippen molar-refractivity contribution in [1.82, 2.24) is 10.3 Å². The van der Waals surface area contributed by atoms with Gasteiger partial charge in [0.25, 0.3) is 5.91 Å². The lowest BCUT2D eigenvalue weighted by atomic mass is 10.0. The van der Waals surface area contributed by atoms with Crippen molar-refractivity contribution in [2.75, 3.05) is 0 Å². The number of nitrogens with zero attached hydrogens (tertiary/aromatic N) is 1. The molecule has 0 aliphatic heterocycles. The molecule has 0 fully saturated rings. The zero-order chi connectivity index (χ0) is 15.4. The maximum atomic E-state index is 12.0. The highest BCUT2D eigenvalue weighted by atomic mass is 16.1. The molecule has 1 heterocycles. The lowest BCUT2D eigenvalue weighted by Crippen LogP contribution is -2.30. The third kappa shape index (κ3) is 3.75. The molecule has 0 bridgehead atoms. The van der Waals surface area contributed by atoms with Crippen LogP contribution in [-0.2, 0) is 0 Å². The number of amides is 1. The molecule has 0 saturated carbocycles. The number of hydrogen-bond donors (Lipinski definition) is 1. The molecule has 1 N–H and O–H groups in total. The SMILES string of the molecule is CC(=O)c1cccc(-c2cc(C(=O)NC(C)C)ccn2)c1. The number of pyridine rings is 1. The van der Waals surface area contributed by atoms with Crippen molar-refractivity contribution in [1.29, 1.82) is 0 Å². The summed E-state index contributed by atoms with van der Waals surface area (Å²) in [5.41, 5.74) is 2.68. The highest BCUT2D eigenvalue weighted by molar-refractivity contribution is 5.96. The van der Waals surface area contributed by atoms with E-state index in [1.165, 1.54) is 6.92 Å². The van der Waals surface area contributed by atoms with Crippen molar-refractivity contribution in [3.05, 3.63) is 53.7 Å². The number of rotatable bonds is 4. The number of carbonyl (C=O) groups is 2. The second kappa shape index (κ2) is 6.31. The molecule has 2 rings (SSSR count). The Hall–Kier alpha value is -2.49. The topological polar surface area (TPSA) is 59.1 Å². The largest absolute Gasteiger partial charge is 0.350 e. The summed E-state index contributed by atoms with van der Waals surface area (Å²) >= 11 is 0. The molecule has 0 unspecified atom stereocenters. The van der Waals surface area contributed by atoms with Crippen LogP contribution in [0.2, 0.25) is 0 Å². The van der Waals surface area contributed by atoms with Gasteiger partial charge in [0.2, 0.25) is 0 Å². The standard InChI is InChI=1S/C17H18N2O2/c1-11(2)19-17(21)15-7-8-18-16(10-15)14-6-4-5-13(9-14)12(3)20/h4-11H,1-3H3,(H,19,21). The van der Waals surface area contributed by atoms with Crippen LogP contribution >= 0.6 is 0 Å². The van der Waals surface area contributed by atoms with E-state index < -0.39 is 0 Å². The first-order valence-corrected chi connectivity index (χ1v) is 6.85. The number of carbonyl (C=O) groups excluding carboxylic acids is 2. The van der Waals surface area contributed by atoms with E-state index in [1.54, 1.807) is 30.5 Å². The Morgan fingerprint density at radius 1 is 1.10 bits per heavy atom. The molecule has 4 nitrogen and oxygen atoms in total. The van der Waals surface area contributed by atoms with Gasteiger partial charge in [-0.25, -0.2) is 0 Å². The van der Waals surface area contributed by atoms with Gasteiger partial charge in [0.1, 0.15) is 0 Å². The average Bonchev–Trinajstić information content (AvgIpc) is 2.47. The maximum Gasteiger partial charge on any atom is 0.251 e. The predicted molar refractivity (Wildman–Crippen MR) is 82.3 cm³/mol. The number of Topliss-reactive ketones (excluding diaryl/α,β-unsaturated/α-hetero) is 1. The molecule has 21 heavy (non-hydrogen) atoms. The van der Waals surface area contributed by atoms with Crippen molar-refractivity contribution in [2.24, 2.45) is 0 Å². The smallest absolute Gasteiger partial charge is 0.251 e. The second-order valence-corrected chi connectivity index (χ2v) is 5.19. The second-order valence-electron chi connectivity index (χ2n) is 5.19. The van der Waals surface area contributed by atoms with Gasteiger partial charge in [0, 0.05) is 28.9 Å². The van der Waals surface area contributed by atoms with Gasteiger partial charge >= 0.3 is 0 Å². The van der Waals surface area contributed by atoms with Crippen LogP contribution in [-0.4, -0.2) is 22.7 Å². The summed E-state index contributed by atoms with van der Waals surface area (Å²) in [7, 11) is 0. The molecule has 0 aliphatic rings. The number of hydrogen-bond acceptors (Lipinski definition) is 3. The minimum absolute atomic E-state index is 0.00514. The Bertz CT molecular complexity index is 678. The van der Waals surface area contributed by atoms with Crippen molar-refractivity contribution < 1.29 is 9.59 Å². The van der Waals surface area contributed by atoms with Crippen molar-refractivity contribution in [3.63, 3.8) is 0 Å². The number of nitrogens with one attached hydrogen (secondary N) is 1. The van der Waals surface area contributed by atoms with E-state index in [0.29, 0.717) is 16.8 Å². The zero-order valence-corrected chi connectivity index (χ0v) is 12.4. The van der Waals surface area contributed by atoms with E-state index >= 15 is 0 Å². The van der Waals surface area contributed by atoms with Crippen molar-refractivity contribution in [2.45, 2.75) is 26.8 Å². The van der Waals surface area contributed by atoms with Crippen LogP contribution in [0.5, 0.6) is 0 Å². The summed E-state index contributed by atoms with van der Waals surface area (Å²) in [5.74, 6) is -0.123. The molecule has 1 aromatic heterocycles. The molecular formula is C17H18N2O2. The lowest BCUT2D eigenvalue weighted by molar-refractivity contribution is 0.0942. The molecule has 0 saturated heterocycles. The maximum absolute atomic E-state index is 12.0. The van der Waals surface area contributed by atoms with Crippen LogP contribution in [0.4, 0.5) is 0 Å². The van der Waals surface area contributed by atoms with E-state index in [9.17, 15) is 9.59 Å². The van der Waals surface area contributed by atoms with Crippen LogP contribution in [0, 0.1) is 0 Å². The summed E-state index contributed by atoms with van der Waals surface area (Å²) in [5, 5.41) is 2.85. The Labute approximate surface area is 124 Å². The quantitative estimate of drug-likeness (QED) is 0.877. The minimum atomic E-state index is -0.128. The van der Waals surface area contributed by atoms with E-state index in [0.717, 1.165) is 5.56 Å². The fourth-order valence-corrected chi connectivity index (χ4v) is 1.97. The first kappa shape index (κ1) is 14.9. The molecule has 0 atom stereocenters. The van der Waals surface area contributed by atoms with Gasteiger partial charge in [-0.05, 0) is 39.0 Å². The van der Waals surface area contributed by atoms with E-state index in [4.69, 9.17) is 0 Å². The van der Waals surface area contributed by atoms with Gasteiger partial charge in [0.15, 0.2) is 5.78 Å². The lowest BCUT2D eigenvalue weighted by Gasteiger charge is -2.09. The fraction of sp³-hybridized carbons (Fsp3) is 0.235. The molecule has 4 heteroatoms. The Kier molecular flexibility index (Phi) is 4.48. The summed E-state index contributed by atoms with van der Waals surface area (Å²) in [6, 6.07) is 10.7. The van der Waals surface area contributed by atoms with Gasteiger partial charge in [-0.15, -0.1) is 0 Å². The van der Waals surface area contributed by atoms with Gasteiger partial charge in [0.05, 0.1) is 5.69 Å². The molecule has 1 amide bonds. The van der Waals surface area contributed by atoms with Crippen LogP contribution in [0.15, 0.2) is 42.6 Å². The van der Waals surface area contributed by atoms with E-state index in [2.05, 4.69) is 10.3 Å². The molecule has 1 aromatic carbocycles. The third-order valence-corrected chi connectivity index (χ3v) is 3.01. The van der Waals surface area contributed by atoms with Crippen LogP contribution in [0.25, 0.3) is 11.3 Å². The third-order valence-electron chi connectivity index (χ3n) is 3.01. The van der Waals surface area contributed by atoms with E-state index in [1.807, 2.05) is 26.0 Å². The number of benzene rings is 1. The van der Waals surface area contributed by atoms with Crippen molar-refractivity contribution in [3.8, 4) is 11.3 Å². The van der Waals surface area contributed by atoms with Crippen LogP contribution in [0.3, 0.4) is 0 Å². The van der Waals surface area contributed by atoms with Crippen molar-refractivity contribution >= 4 is 11.7 Å². The van der Waals surface area contributed by atoms with E-state index in [-0.39, 0.29) is 17.7 Å². The fourth-order valence-electron chi connectivity index (χ4n) is 1.97. The number of ketones is 1. The average molecular weight is 282 g/mol. The molecule has 108 valence electrons. The first-order valence-electron chi connectivity index (χ1n) is 6.85. The highest BCUT2D eigenvalue weighted by Gasteiger charge is 2.10. The zero-order valence-electron chi connectivity index (χ0n) is 12.4. The first-order chi connectivity index (χ1) is 9.97. The van der Waals surface area contributed by atoms with Crippen LogP contribution in [0.1, 0.15) is 41.5 Å². The summed E-state index contributed by atoms with van der Waals surface area (Å²) < 4.78 is 0. The van der Waals surface area contributed by atoms with Gasteiger partial charge < -0.3 is 5.32 Å². The normalized spacial score (nSPS) is 10.5. The minimum Gasteiger partial charge on any atom is -0.350 e. The highest BCUT2D eigenvalue weighted by Crippen LogP contribution is 2.19. The molecular weight excluding hydrogens is 264 g/mol. The summed E-state index contributed by atoms with van der Waals surface area (Å²) in [6.07, 6.45) is 1.60. The molecule has 0 radical (unpaired) electrons. The molecule has 2 aromatic rings. The Morgan fingerprint density at radius 2 is 1.86 bits per heavy atom. The number of aromatic nitrogens is 1. The van der Waals surface area contributed by atoms with Gasteiger partial charge in [-0.3, -0.25) is 14.6 Å². The van der Waals surface area contributed by atoms with Gasteiger partial charge in [-0.2, -0.15) is 0 Å². The van der Waals surface area contributed by atoms with Crippen LogP contribution < -0.4 is 5.32 Å². The Balaban J connectivity index is 2.35. The monoisotopic (exact) mass is 282 g/mol. The van der Waals surface area contributed by atoms with Gasteiger partial charge in [-0.1, -0.05) is 18.2 Å². The molecule has 0 spiro atoms.